The van der Waals surface area contributed by atoms with E-state index in [1.165, 1.54) is 4.90 Å². The molecule has 7 nitrogen and oxygen atoms in total. The lowest BCUT2D eigenvalue weighted by Crippen LogP contribution is -2.33. The molecule has 2 rings (SSSR count). The van der Waals surface area contributed by atoms with E-state index in [2.05, 4.69) is 10.5 Å². The molecule has 1 unspecified atom stereocenters. The first-order chi connectivity index (χ1) is 11.9. The van der Waals surface area contributed by atoms with Crippen molar-refractivity contribution in [1.29, 1.82) is 0 Å². The lowest BCUT2D eigenvalue weighted by atomic mass is 10.1. The summed E-state index contributed by atoms with van der Waals surface area (Å²) in [5.74, 6) is 0.385. The van der Waals surface area contributed by atoms with Gasteiger partial charge in [-0.3, -0.25) is 4.79 Å². The summed E-state index contributed by atoms with van der Waals surface area (Å²) in [5.41, 5.74) is 0.993. The summed E-state index contributed by atoms with van der Waals surface area (Å²) in [5, 5.41) is 17.2. The molecule has 2 aromatic rings. The molecule has 1 heterocycles. The molecule has 136 valence electrons. The van der Waals surface area contributed by atoms with E-state index in [-0.39, 0.29) is 12.5 Å². The van der Waals surface area contributed by atoms with Crippen LogP contribution in [0.15, 0.2) is 28.8 Å². The number of hydrogen-bond donors (Lipinski definition) is 2. The van der Waals surface area contributed by atoms with Gasteiger partial charge in [-0.25, -0.2) is 0 Å². The molecule has 1 aromatic heterocycles. The Hall–Kier alpha value is -2.09. The van der Waals surface area contributed by atoms with Gasteiger partial charge in [-0.1, -0.05) is 16.8 Å². The number of halogens is 1. The zero-order chi connectivity index (χ0) is 18.4. The molecule has 8 heteroatoms. The smallest absolute Gasteiger partial charge is 0.261 e. The predicted octanol–water partition coefficient (Wildman–Crippen LogP) is 2.51. The first-order valence-electron chi connectivity index (χ1n) is 7.86. The largest absolute Gasteiger partial charge is 0.392 e. The fraction of sp³-hybridized carbons (Fsp3) is 0.412. The van der Waals surface area contributed by atoms with Gasteiger partial charge >= 0.3 is 0 Å². The maximum absolute atomic E-state index is 12.9. The van der Waals surface area contributed by atoms with Crippen LogP contribution in [0.25, 0.3) is 11.3 Å². The molecule has 1 amide bonds. The monoisotopic (exact) mass is 367 g/mol. The Bertz CT molecular complexity index is 700. The SMILES string of the molecule is COCCNc1noc(-c2ccc(Cl)cc2)c1C(=O)N(C)CC(C)O. The quantitative estimate of drug-likeness (QED) is 0.697. The van der Waals surface area contributed by atoms with Crippen LogP contribution in [0.3, 0.4) is 0 Å². The topological polar surface area (TPSA) is 87.8 Å². The van der Waals surface area contributed by atoms with E-state index >= 15 is 0 Å². The van der Waals surface area contributed by atoms with Crippen molar-refractivity contribution < 1.29 is 19.2 Å². The third-order valence-corrected chi connectivity index (χ3v) is 3.75. The second-order valence-corrected chi connectivity index (χ2v) is 6.13. The Morgan fingerprint density at radius 2 is 2.12 bits per heavy atom. The Kier molecular flexibility index (Phi) is 6.81. The number of likely N-dealkylation sites (N-methyl/N-ethyl adjacent to an activating group) is 1. The number of nitrogens with one attached hydrogen (secondary N) is 1. The van der Waals surface area contributed by atoms with Crippen molar-refractivity contribution in [2.45, 2.75) is 13.0 Å². The number of methoxy groups -OCH3 is 1. The van der Waals surface area contributed by atoms with Gasteiger partial charge in [0, 0.05) is 37.8 Å². The number of carbonyl (C=O) groups excluding carboxylic acids is 1. The standard InChI is InChI=1S/C17H22ClN3O4/c1-11(22)10-21(2)17(23)14-15(12-4-6-13(18)7-5-12)25-20-16(14)19-8-9-24-3/h4-7,11,22H,8-10H2,1-3H3,(H,19,20). The van der Waals surface area contributed by atoms with E-state index in [0.717, 1.165) is 0 Å². The van der Waals surface area contributed by atoms with Crippen LogP contribution >= 0.6 is 11.6 Å². The van der Waals surface area contributed by atoms with Gasteiger partial charge in [-0.2, -0.15) is 0 Å². The Labute approximate surface area is 151 Å². The van der Waals surface area contributed by atoms with Gasteiger partial charge < -0.3 is 24.6 Å². The Morgan fingerprint density at radius 3 is 2.72 bits per heavy atom. The van der Waals surface area contributed by atoms with Gasteiger partial charge in [0.25, 0.3) is 5.91 Å². The maximum atomic E-state index is 12.9. The predicted molar refractivity (Wildman–Crippen MR) is 96.0 cm³/mol. The van der Waals surface area contributed by atoms with Gasteiger partial charge in [-0.05, 0) is 31.2 Å². The molecule has 0 spiro atoms. The third kappa shape index (κ3) is 4.94. The molecule has 25 heavy (non-hydrogen) atoms. The normalized spacial score (nSPS) is 12.0. The molecular formula is C17H22ClN3O4. The average molecular weight is 368 g/mol. The number of hydrogen-bond acceptors (Lipinski definition) is 6. The number of aliphatic hydroxyl groups excluding tert-OH is 1. The maximum Gasteiger partial charge on any atom is 0.261 e. The lowest BCUT2D eigenvalue weighted by Gasteiger charge is -2.19. The number of ether oxygens (including phenoxy) is 1. The van der Waals surface area contributed by atoms with E-state index in [4.69, 9.17) is 20.9 Å². The van der Waals surface area contributed by atoms with Crippen molar-refractivity contribution >= 4 is 23.3 Å². The van der Waals surface area contributed by atoms with Crippen molar-refractivity contribution in [2.75, 3.05) is 39.2 Å². The summed E-state index contributed by atoms with van der Waals surface area (Å²) in [4.78, 5) is 14.3. The van der Waals surface area contributed by atoms with Crippen LogP contribution in [-0.2, 0) is 4.74 Å². The first kappa shape index (κ1) is 19.2. The van der Waals surface area contributed by atoms with E-state index in [9.17, 15) is 9.90 Å². The van der Waals surface area contributed by atoms with Crippen molar-refractivity contribution in [3.63, 3.8) is 0 Å². The fourth-order valence-corrected chi connectivity index (χ4v) is 2.48. The van der Waals surface area contributed by atoms with Gasteiger partial charge in [0.2, 0.25) is 0 Å². The van der Waals surface area contributed by atoms with Gasteiger partial charge in [-0.15, -0.1) is 0 Å². The molecular weight excluding hydrogens is 346 g/mol. The van der Waals surface area contributed by atoms with Crippen molar-refractivity contribution in [2.24, 2.45) is 0 Å². The minimum Gasteiger partial charge on any atom is -0.392 e. The molecule has 0 fully saturated rings. The zero-order valence-corrected chi connectivity index (χ0v) is 15.2. The van der Waals surface area contributed by atoms with Crippen LogP contribution in [0.5, 0.6) is 0 Å². The highest BCUT2D eigenvalue weighted by Crippen LogP contribution is 2.31. The van der Waals surface area contributed by atoms with Crippen LogP contribution in [0.1, 0.15) is 17.3 Å². The number of carbonyl (C=O) groups is 1. The number of amides is 1. The summed E-state index contributed by atoms with van der Waals surface area (Å²) in [6.45, 7) is 2.75. The van der Waals surface area contributed by atoms with E-state index in [0.29, 0.717) is 40.9 Å². The van der Waals surface area contributed by atoms with Crippen molar-refractivity contribution in [3.8, 4) is 11.3 Å². The minimum atomic E-state index is -0.641. The number of aromatic nitrogens is 1. The summed E-state index contributed by atoms with van der Waals surface area (Å²) >= 11 is 5.92. The zero-order valence-electron chi connectivity index (χ0n) is 14.5. The molecule has 0 aliphatic carbocycles. The number of rotatable bonds is 8. The Morgan fingerprint density at radius 1 is 1.44 bits per heavy atom. The third-order valence-electron chi connectivity index (χ3n) is 3.50. The van der Waals surface area contributed by atoms with Crippen LogP contribution in [0.4, 0.5) is 5.82 Å². The number of anilines is 1. The van der Waals surface area contributed by atoms with E-state index in [1.807, 2.05) is 0 Å². The highest BCUT2D eigenvalue weighted by atomic mass is 35.5. The molecule has 0 bridgehead atoms. The number of nitrogens with zero attached hydrogens (tertiary/aromatic N) is 2. The summed E-state index contributed by atoms with van der Waals surface area (Å²) in [7, 11) is 3.21. The van der Waals surface area contributed by atoms with E-state index < -0.39 is 6.10 Å². The van der Waals surface area contributed by atoms with Crippen molar-refractivity contribution in [1.82, 2.24) is 10.1 Å². The van der Waals surface area contributed by atoms with Crippen LogP contribution < -0.4 is 5.32 Å². The molecule has 2 N–H and O–H groups in total. The van der Waals surface area contributed by atoms with Crippen LogP contribution in [0.2, 0.25) is 5.02 Å². The van der Waals surface area contributed by atoms with Crippen LogP contribution in [-0.4, -0.2) is 61.0 Å². The average Bonchev–Trinajstić information content (AvgIpc) is 2.98. The first-order valence-corrected chi connectivity index (χ1v) is 8.23. The molecule has 1 aromatic carbocycles. The molecule has 0 radical (unpaired) electrons. The molecule has 0 saturated heterocycles. The minimum absolute atomic E-state index is 0.196. The summed E-state index contributed by atoms with van der Waals surface area (Å²) < 4.78 is 10.4. The van der Waals surface area contributed by atoms with Gasteiger partial charge in [0.1, 0.15) is 5.56 Å². The number of benzene rings is 1. The van der Waals surface area contributed by atoms with E-state index in [1.54, 1.807) is 45.3 Å². The summed E-state index contributed by atoms with van der Waals surface area (Å²) in [6, 6.07) is 6.94. The molecule has 1 atom stereocenters. The summed E-state index contributed by atoms with van der Waals surface area (Å²) in [6.07, 6.45) is -0.641. The number of aliphatic hydroxyl groups is 1. The second kappa shape index (κ2) is 8.84. The fourth-order valence-electron chi connectivity index (χ4n) is 2.35. The van der Waals surface area contributed by atoms with Crippen molar-refractivity contribution in [3.05, 3.63) is 34.9 Å². The van der Waals surface area contributed by atoms with Gasteiger partial charge in [0.05, 0.1) is 12.7 Å². The van der Waals surface area contributed by atoms with Gasteiger partial charge in [0.15, 0.2) is 11.6 Å². The highest BCUT2D eigenvalue weighted by Gasteiger charge is 2.27. The molecule has 0 aliphatic heterocycles. The molecule has 0 saturated carbocycles. The lowest BCUT2D eigenvalue weighted by molar-refractivity contribution is 0.0704. The second-order valence-electron chi connectivity index (χ2n) is 5.70. The Balaban J connectivity index is 2.38. The molecule has 0 aliphatic rings. The van der Waals surface area contributed by atoms with Crippen LogP contribution in [0, 0.1) is 0 Å². The highest BCUT2D eigenvalue weighted by molar-refractivity contribution is 6.30.